The Kier molecular flexibility index (Phi) is 6.97. The Morgan fingerprint density at radius 2 is 1.84 bits per heavy atom. The van der Waals surface area contributed by atoms with E-state index in [2.05, 4.69) is 14.8 Å². The van der Waals surface area contributed by atoms with Crippen molar-refractivity contribution in [3.8, 4) is 5.75 Å². The number of hydrogen-bond acceptors (Lipinski definition) is 10. The van der Waals surface area contributed by atoms with E-state index in [1.807, 2.05) is 0 Å². The predicted octanol–water partition coefficient (Wildman–Crippen LogP) is 0.540. The van der Waals surface area contributed by atoms with E-state index in [4.69, 9.17) is 4.42 Å². The highest BCUT2D eigenvalue weighted by molar-refractivity contribution is 6.03. The van der Waals surface area contributed by atoms with Gasteiger partial charge < -0.3 is 29.2 Å². The number of fused-ring (bicyclic) bond motifs is 1. The van der Waals surface area contributed by atoms with Gasteiger partial charge in [0.1, 0.15) is 11.3 Å². The lowest BCUT2D eigenvalue weighted by molar-refractivity contribution is -0.165. The van der Waals surface area contributed by atoms with Crippen LogP contribution in [0.1, 0.15) is 36.2 Å². The Balaban J connectivity index is 2.52. The molecule has 0 radical (unpaired) electrons. The minimum atomic E-state index is -1.71. The van der Waals surface area contributed by atoms with E-state index >= 15 is 0 Å². The van der Waals surface area contributed by atoms with Gasteiger partial charge in [0.25, 0.3) is 0 Å². The molecule has 0 fully saturated rings. The van der Waals surface area contributed by atoms with Crippen LogP contribution in [0.15, 0.2) is 27.4 Å². The van der Waals surface area contributed by atoms with Crippen molar-refractivity contribution in [3.05, 3.63) is 39.7 Å². The minimum Gasteiger partial charge on any atom is -0.507 e. The zero-order valence-electron chi connectivity index (χ0n) is 16.5. The Hall–Kier alpha value is -3.93. The fourth-order valence-electron chi connectivity index (χ4n) is 2.96. The Labute approximate surface area is 174 Å². The molecule has 1 aromatic carbocycles. The van der Waals surface area contributed by atoms with E-state index in [9.17, 15) is 39.3 Å². The molecular formula is C19H19NO11. The summed E-state index contributed by atoms with van der Waals surface area (Å²) in [5.41, 5.74) is -3.74. The van der Waals surface area contributed by atoms with Gasteiger partial charge in [-0.15, -0.1) is 0 Å². The summed E-state index contributed by atoms with van der Waals surface area (Å²) in [5, 5.41) is 31.7. The summed E-state index contributed by atoms with van der Waals surface area (Å²) in [6.45, 7) is 1.19. The first kappa shape index (κ1) is 23.3. The van der Waals surface area contributed by atoms with Gasteiger partial charge in [0.15, 0.2) is 0 Å². The van der Waals surface area contributed by atoms with E-state index in [-0.39, 0.29) is 16.5 Å². The fraction of sp³-hybridized carbons (Fsp3) is 0.316. The van der Waals surface area contributed by atoms with Crippen LogP contribution in [0.4, 0.5) is 0 Å². The standard InChI is InChI=1S/C19H19NO11/c1-9(21)29-8-30-15(26)7-20-19(2,6-13(23)24)16-12(22)4-3-10-11(18(27)28)5-14(25)31-17(10)16/h3-5,20,22H,6-8H2,1-2H3,(H,23,24)(H,27,28). The number of carboxylic acids is 2. The van der Waals surface area contributed by atoms with E-state index in [0.717, 1.165) is 19.1 Å². The number of aromatic carboxylic acids is 1. The van der Waals surface area contributed by atoms with Gasteiger partial charge >= 0.3 is 29.5 Å². The lowest BCUT2D eigenvalue weighted by Gasteiger charge is -2.30. The number of carbonyl (C=O) groups excluding carboxylic acids is 2. The maximum atomic E-state index is 11.9. The molecular weight excluding hydrogens is 418 g/mol. The molecule has 12 nitrogen and oxygen atoms in total. The van der Waals surface area contributed by atoms with Crippen LogP contribution in [0.5, 0.6) is 5.75 Å². The van der Waals surface area contributed by atoms with Gasteiger partial charge in [0.2, 0.25) is 6.79 Å². The summed E-state index contributed by atoms with van der Waals surface area (Å²) in [7, 11) is 0. The second-order valence-electron chi connectivity index (χ2n) is 6.65. The Morgan fingerprint density at radius 3 is 2.42 bits per heavy atom. The van der Waals surface area contributed by atoms with Gasteiger partial charge in [-0.3, -0.25) is 19.7 Å². The number of benzene rings is 1. The SMILES string of the molecule is CC(=O)OCOC(=O)CNC(C)(CC(=O)O)c1c(O)ccc2c(C(=O)O)cc(=O)oc12. The molecule has 2 rings (SSSR count). The molecule has 0 amide bonds. The van der Waals surface area contributed by atoms with Crippen LogP contribution in [0.2, 0.25) is 0 Å². The maximum absolute atomic E-state index is 11.9. The average Bonchev–Trinajstić information content (AvgIpc) is 2.64. The van der Waals surface area contributed by atoms with Gasteiger partial charge in [0.05, 0.1) is 29.6 Å². The number of carboxylic acid groups (broad SMARTS) is 2. The molecule has 1 atom stereocenters. The number of hydrogen-bond donors (Lipinski definition) is 4. The highest BCUT2D eigenvalue weighted by Crippen LogP contribution is 2.38. The van der Waals surface area contributed by atoms with E-state index in [1.54, 1.807) is 0 Å². The summed E-state index contributed by atoms with van der Waals surface area (Å²) in [6.07, 6.45) is -0.697. The smallest absolute Gasteiger partial charge is 0.337 e. The summed E-state index contributed by atoms with van der Waals surface area (Å²) in [4.78, 5) is 57.5. The van der Waals surface area contributed by atoms with E-state index in [1.165, 1.54) is 13.0 Å². The number of aromatic hydroxyl groups is 1. The number of aliphatic carboxylic acids is 1. The lowest BCUT2D eigenvalue weighted by atomic mass is 9.85. The molecule has 0 saturated carbocycles. The Morgan fingerprint density at radius 1 is 1.16 bits per heavy atom. The van der Waals surface area contributed by atoms with E-state index in [0.29, 0.717) is 0 Å². The first-order valence-corrected chi connectivity index (χ1v) is 8.74. The molecule has 0 spiro atoms. The molecule has 0 aliphatic rings. The highest BCUT2D eigenvalue weighted by atomic mass is 16.7. The summed E-state index contributed by atoms with van der Waals surface area (Å²) in [5.74, 6) is -4.86. The maximum Gasteiger partial charge on any atom is 0.337 e. The average molecular weight is 437 g/mol. The molecule has 2 aromatic rings. The number of nitrogens with one attached hydrogen (secondary N) is 1. The van der Waals surface area contributed by atoms with Gasteiger partial charge in [0, 0.05) is 18.4 Å². The molecule has 0 aliphatic heterocycles. The molecule has 31 heavy (non-hydrogen) atoms. The number of rotatable bonds is 9. The monoisotopic (exact) mass is 437 g/mol. The molecule has 1 heterocycles. The third-order valence-corrected chi connectivity index (χ3v) is 4.28. The second kappa shape index (κ2) is 9.26. The zero-order valence-corrected chi connectivity index (χ0v) is 16.5. The second-order valence-corrected chi connectivity index (χ2v) is 6.65. The van der Waals surface area contributed by atoms with Gasteiger partial charge in [-0.1, -0.05) is 0 Å². The molecule has 4 N–H and O–H groups in total. The van der Waals surface area contributed by atoms with Gasteiger partial charge in [-0.25, -0.2) is 9.59 Å². The molecule has 1 unspecified atom stereocenters. The first-order chi connectivity index (χ1) is 14.4. The van der Waals surface area contributed by atoms with Gasteiger partial charge in [-0.05, 0) is 19.1 Å². The number of ether oxygens (including phenoxy) is 2. The van der Waals surface area contributed by atoms with E-state index < -0.39 is 66.1 Å². The normalized spacial score (nSPS) is 12.7. The zero-order chi connectivity index (χ0) is 23.3. The van der Waals surface area contributed by atoms with Crippen LogP contribution in [-0.2, 0) is 29.4 Å². The van der Waals surface area contributed by atoms with Crippen molar-refractivity contribution in [1.82, 2.24) is 5.32 Å². The summed E-state index contributed by atoms with van der Waals surface area (Å²) >= 11 is 0. The summed E-state index contributed by atoms with van der Waals surface area (Å²) in [6, 6.07) is 3.07. The van der Waals surface area contributed by atoms with Crippen LogP contribution >= 0.6 is 0 Å². The first-order valence-electron chi connectivity index (χ1n) is 8.74. The molecule has 0 saturated heterocycles. The van der Waals surface area contributed by atoms with Crippen LogP contribution in [0.3, 0.4) is 0 Å². The number of phenolic OH excluding ortho intramolecular Hbond substituents is 1. The third-order valence-electron chi connectivity index (χ3n) is 4.28. The fourth-order valence-corrected chi connectivity index (χ4v) is 2.96. The van der Waals surface area contributed by atoms with Crippen molar-refractivity contribution in [2.75, 3.05) is 13.3 Å². The number of phenols is 1. The number of esters is 2. The van der Waals surface area contributed by atoms with Crippen molar-refractivity contribution in [2.45, 2.75) is 25.8 Å². The molecule has 166 valence electrons. The number of carbonyl (C=O) groups is 4. The molecule has 0 bridgehead atoms. The van der Waals surface area contributed by atoms with Crippen LogP contribution in [-0.4, -0.2) is 52.5 Å². The molecule has 0 aliphatic carbocycles. The lowest BCUT2D eigenvalue weighted by Crippen LogP contribution is -2.44. The quantitative estimate of drug-likeness (QED) is 0.242. The van der Waals surface area contributed by atoms with Crippen molar-refractivity contribution in [1.29, 1.82) is 0 Å². The minimum absolute atomic E-state index is 0.0595. The van der Waals surface area contributed by atoms with Crippen LogP contribution < -0.4 is 10.9 Å². The topological polar surface area (TPSA) is 190 Å². The summed E-state index contributed by atoms with van der Waals surface area (Å²) < 4.78 is 14.2. The third kappa shape index (κ3) is 5.57. The van der Waals surface area contributed by atoms with Crippen molar-refractivity contribution in [2.24, 2.45) is 0 Å². The predicted molar refractivity (Wildman–Crippen MR) is 101 cm³/mol. The van der Waals surface area contributed by atoms with Crippen molar-refractivity contribution in [3.63, 3.8) is 0 Å². The molecule has 1 aromatic heterocycles. The van der Waals surface area contributed by atoms with Crippen molar-refractivity contribution < 1.29 is 48.4 Å². The largest absolute Gasteiger partial charge is 0.507 e. The Bertz CT molecular complexity index is 1100. The van der Waals surface area contributed by atoms with Crippen LogP contribution in [0.25, 0.3) is 11.0 Å². The van der Waals surface area contributed by atoms with Crippen LogP contribution in [0, 0.1) is 0 Å². The molecule has 12 heteroatoms. The van der Waals surface area contributed by atoms with Crippen molar-refractivity contribution >= 4 is 34.8 Å². The van der Waals surface area contributed by atoms with Gasteiger partial charge in [-0.2, -0.15) is 0 Å². The highest BCUT2D eigenvalue weighted by Gasteiger charge is 2.36.